The highest BCUT2D eigenvalue weighted by atomic mass is 35.5. The molecule has 1 fully saturated rings. The molecule has 3 aromatic rings. The van der Waals surface area contributed by atoms with Crippen molar-refractivity contribution in [1.82, 2.24) is 20.0 Å². The summed E-state index contributed by atoms with van der Waals surface area (Å²) in [7, 11) is 0. The molecule has 0 radical (unpaired) electrons. The Morgan fingerprint density at radius 2 is 2.04 bits per heavy atom. The number of carbonyl (C=O) groups is 1. The van der Waals surface area contributed by atoms with Crippen molar-refractivity contribution in [2.24, 2.45) is 0 Å². The van der Waals surface area contributed by atoms with Crippen LogP contribution in [0.25, 0.3) is 17.1 Å². The number of halogens is 1. The van der Waals surface area contributed by atoms with Crippen LogP contribution in [0.3, 0.4) is 0 Å². The number of hydrogen-bond acceptors (Lipinski definition) is 5. The SMILES string of the molecule is O=C(NCCN1CCOCC1)c1cc(-c2ccco2)n(-c2cccc(Cl)c2)n1. The summed E-state index contributed by atoms with van der Waals surface area (Å²) in [5, 5.41) is 8.03. The largest absolute Gasteiger partial charge is 0.463 e. The Bertz CT molecular complexity index is 933. The third-order valence-electron chi connectivity index (χ3n) is 4.59. The number of benzene rings is 1. The molecule has 0 bridgehead atoms. The highest BCUT2D eigenvalue weighted by Gasteiger charge is 2.19. The minimum absolute atomic E-state index is 0.221. The smallest absolute Gasteiger partial charge is 0.271 e. The predicted octanol–water partition coefficient (Wildman–Crippen LogP) is 2.85. The van der Waals surface area contributed by atoms with E-state index in [-0.39, 0.29) is 5.91 Å². The first-order chi connectivity index (χ1) is 13.7. The Balaban J connectivity index is 1.52. The van der Waals surface area contributed by atoms with Gasteiger partial charge in [-0.3, -0.25) is 9.69 Å². The van der Waals surface area contributed by atoms with Crippen LogP contribution in [-0.4, -0.2) is 60.0 Å². The summed E-state index contributed by atoms with van der Waals surface area (Å²) in [6, 6.07) is 12.7. The van der Waals surface area contributed by atoms with E-state index in [1.165, 1.54) is 0 Å². The number of amides is 1. The van der Waals surface area contributed by atoms with Gasteiger partial charge in [-0.1, -0.05) is 17.7 Å². The van der Waals surface area contributed by atoms with Crippen molar-refractivity contribution in [3.8, 4) is 17.1 Å². The standard InChI is InChI=1S/C20H21ClN4O3/c21-15-3-1-4-16(13-15)25-18(19-5-2-10-28-19)14-17(23-25)20(26)22-6-7-24-8-11-27-12-9-24/h1-5,10,13-14H,6-9,11-12H2,(H,22,26). The van der Waals surface area contributed by atoms with Gasteiger partial charge in [0.05, 0.1) is 25.2 Å². The second kappa shape index (κ2) is 8.60. The number of rotatable bonds is 6. The van der Waals surface area contributed by atoms with Gasteiger partial charge in [0.15, 0.2) is 11.5 Å². The van der Waals surface area contributed by atoms with Crippen molar-refractivity contribution >= 4 is 17.5 Å². The van der Waals surface area contributed by atoms with E-state index in [4.69, 9.17) is 20.8 Å². The molecule has 1 amide bonds. The van der Waals surface area contributed by atoms with Crippen LogP contribution in [0.15, 0.2) is 53.1 Å². The number of carbonyl (C=O) groups excluding carboxylic acids is 1. The highest BCUT2D eigenvalue weighted by Crippen LogP contribution is 2.25. The molecular weight excluding hydrogens is 380 g/mol. The first-order valence-corrected chi connectivity index (χ1v) is 9.57. The van der Waals surface area contributed by atoms with E-state index in [1.807, 2.05) is 18.2 Å². The molecule has 1 aliphatic heterocycles. The summed E-state index contributed by atoms with van der Waals surface area (Å²) >= 11 is 6.13. The molecule has 0 saturated carbocycles. The van der Waals surface area contributed by atoms with Crippen molar-refractivity contribution in [3.63, 3.8) is 0 Å². The Labute approximate surface area is 167 Å². The van der Waals surface area contributed by atoms with E-state index in [2.05, 4.69) is 15.3 Å². The van der Waals surface area contributed by atoms with Gasteiger partial charge in [0.25, 0.3) is 5.91 Å². The number of morpholine rings is 1. The van der Waals surface area contributed by atoms with Crippen molar-refractivity contribution in [2.75, 3.05) is 39.4 Å². The Hall–Kier alpha value is -2.61. The number of nitrogens with one attached hydrogen (secondary N) is 1. The molecule has 3 heterocycles. The zero-order valence-electron chi connectivity index (χ0n) is 15.3. The van der Waals surface area contributed by atoms with Gasteiger partial charge in [-0.25, -0.2) is 4.68 Å². The van der Waals surface area contributed by atoms with Crippen LogP contribution in [0, 0.1) is 0 Å². The molecule has 0 atom stereocenters. The van der Waals surface area contributed by atoms with Crippen LogP contribution in [0.1, 0.15) is 10.5 Å². The fraction of sp³-hybridized carbons (Fsp3) is 0.300. The van der Waals surface area contributed by atoms with Crippen molar-refractivity contribution < 1.29 is 13.9 Å². The molecule has 28 heavy (non-hydrogen) atoms. The molecule has 1 aliphatic rings. The summed E-state index contributed by atoms with van der Waals surface area (Å²) in [6.45, 7) is 4.60. The molecule has 1 N–H and O–H groups in total. The predicted molar refractivity (Wildman–Crippen MR) is 106 cm³/mol. The number of aromatic nitrogens is 2. The first kappa shape index (κ1) is 18.7. The minimum Gasteiger partial charge on any atom is -0.463 e. The molecule has 2 aromatic heterocycles. The lowest BCUT2D eigenvalue weighted by Gasteiger charge is -2.26. The zero-order valence-corrected chi connectivity index (χ0v) is 16.1. The molecule has 4 rings (SSSR count). The van der Waals surface area contributed by atoms with E-state index >= 15 is 0 Å². The van der Waals surface area contributed by atoms with Gasteiger partial charge in [-0.15, -0.1) is 0 Å². The summed E-state index contributed by atoms with van der Waals surface area (Å²) in [5.74, 6) is 0.404. The van der Waals surface area contributed by atoms with Gasteiger partial charge in [-0.2, -0.15) is 5.10 Å². The number of nitrogens with zero attached hydrogens (tertiary/aromatic N) is 3. The molecule has 8 heteroatoms. The number of furan rings is 1. The van der Waals surface area contributed by atoms with Gasteiger partial charge >= 0.3 is 0 Å². The maximum absolute atomic E-state index is 12.6. The lowest BCUT2D eigenvalue weighted by atomic mass is 10.2. The van der Waals surface area contributed by atoms with E-state index in [0.717, 1.165) is 38.5 Å². The van der Waals surface area contributed by atoms with Gasteiger partial charge < -0.3 is 14.5 Å². The lowest BCUT2D eigenvalue weighted by Crippen LogP contribution is -2.41. The van der Waals surface area contributed by atoms with Gasteiger partial charge in [0.1, 0.15) is 5.69 Å². The highest BCUT2D eigenvalue weighted by molar-refractivity contribution is 6.30. The fourth-order valence-corrected chi connectivity index (χ4v) is 3.32. The molecule has 1 aromatic carbocycles. The first-order valence-electron chi connectivity index (χ1n) is 9.19. The van der Waals surface area contributed by atoms with Crippen molar-refractivity contribution in [3.05, 3.63) is 59.4 Å². The van der Waals surface area contributed by atoms with Crippen molar-refractivity contribution in [2.45, 2.75) is 0 Å². The molecule has 0 unspecified atom stereocenters. The fourth-order valence-electron chi connectivity index (χ4n) is 3.14. The average molecular weight is 401 g/mol. The average Bonchev–Trinajstić information content (AvgIpc) is 3.38. The van der Waals surface area contributed by atoms with E-state index in [9.17, 15) is 4.79 Å². The van der Waals surface area contributed by atoms with E-state index in [0.29, 0.717) is 28.7 Å². The van der Waals surface area contributed by atoms with Crippen LogP contribution in [0.2, 0.25) is 5.02 Å². The Morgan fingerprint density at radius 3 is 2.79 bits per heavy atom. The number of hydrogen-bond donors (Lipinski definition) is 1. The Morgan fingerprint density at radius 1 is 1.18 bits per heavy atom. The second-order valence-electron chi connectivity index (χ2n) is 6.49. The van der Waals surface area contributed by atoms with Crippen LogP contribution in [0.4, 0.5) is 0 Å². The lowest BCUT2D eigenvalue weighted by molar-refractivity contribution is 0.0383. The maximum Gasteiger partial charge on any atom is 0.271 e. The second-order valence-corrected chi connectivity index (χ2v) is 6.93. The van der Waals surface area contributed by atoms with Gasteiger partial charge in [-0.05, 0) is 30.3 Å². The van der Waals surface area contributed by atoms with Gasteiger partial charge in [0, 0.05) is 37.3 Å². The molecule has 0 spiro atoms. The minimum atomic E-state index is -0.221. The molecule has 7 nitrogen and oxygen atoms in total. The topological polar surface area (TPSA) is 72.5 Å². The summed E-state index contributed by atoms with van der Waals surface area (Å²) in [6.07, 6.45) is 1.59. The van der Waals surface area contributed by atoms with Crippen LogP contribution in [0.5, 0.6) is 0 Å². The number of ether oxygens (including phenoxy) is 1. The third kappa shape index (κ3) is 4.27. The summed E-state index contributed by atoms with van der Waals surface area (Å²) < 4.78 is 12.5. The quantitative estimate of drug-likeness (QED) is 0.688. The molecule has 0 aliphatic carbocycles. The maximum atomic E-state index is 12.6. The molecule has 146 valence electrons. The summed E-state index contributed by atoms with van der Waals surface area (Å²) in [4.78, 5) is 14.9. The molecular formula is C20H21ClN4O3. The summed E-state index contributed by atoms with van der Waals surface area (Å²) in [5.41, 5.74) is 1.77. The van der Waals surface area contributed by atoms with E-state index in [1.54, 1.807) is 35.2 Å². The van der Waals surface area contributed by atoms with E-state index < -0.39 is 0 Å². The molecule has 1 saturated heterocycles. The van der Waals surface area contributed by atoms with Gasteiger partial charge in [0.2, 0.25) is 0 Å². The van der Waals surface area contributed by atoms with Crippen LogP contribution in [-0.2, 0) is 4.74 Å². The Kier molecular flexibility index (Phi) is 5.76. The van der Waals surface area contributed by atoms with Crippen LogP contribution < -0.4 is 5.32 Å². The van der Waals surface area contributed by atoms with Crippen molar-refractivity contribution in [1.29, 1.82) is 0 Å². The third-order valence-corrected chi connectivity index (χ3v) is 4.82. The zero-order chi connectivity index (χ0) is 19.3. The normalized spacial score (nSPS) is 14.9. The van der Waals surface area contributed by atoms with Crippen LogP contribution >= 0.6 is 11.6 Å². The monoisotopic (exact) mass is 400 g/mol.